The van der Waals surface area contributed by atoms with Crippen LogP contribution in [-0.4, -0.2) is 13.7 Å². The van der Waals surface area contributed by atoms with Crippen LogP contribution in [0.2, 0.25) is 0 Å². The molecule has 0 aliphatic carbocycles. The van der Waals surface area contributed by atoms with Gasteiger partial charge in [-0.25, -0.2) is 0 Å². The van der Waals surface area contributed by atoms with Crippen molar-refractivity contribution in [2.75, 3.05) is 13.7 Å². The maximum absolute atomic E-state index is 5.84. The predicted molar refractivity (Wildman–Crippen MR) is 76.6 cm³/mol. The summed E-state index contributed by atoms with van der Waals surface area (Å²) in [5, 5.41) is 3.29. The zero-order chi connectivity index (χ0) is 13.7. The Hall–Kier alpha value is -1.74. The minimum atomic E-state index is 0.0562. The number of hydrogen-bond acceptors (Lipinski definition) is 3. The number of aryl methyl sites for hydroxylation is 1. The number of ether oxygens (including phenoxy) is 1. The van der Waals surface area contributed by atoms with Crippen LogP contribution in [0.3, 0.4) is 0 Å². The van der Waals surface area contributed by atoms with Gasteiger partial charge in [0.25, 0.3) is 0 Å². The average molecular weight is 259 g/mol. The highest BCUT2D eigenvalue weighted by Crippen LogP contribution is 2.26. The standard InChI is InChI=1S/C16H21NO2/c1-4-13-9-10-15(19-13)16(17-3)12-7-6-8-14(11-12)18-5-2/h6-11,16-17H,4-5H2,1-3H3. The predicted octanol–water partition coefficient (Wildman–Crippen LogP) is 3.55. The fraction of sp³-hybridized carbons (Fsp3) is 0.375. The molecule has 0 saturated carbocycles. The molecule has 2 aromatic rings. The molecule has 0 spiro atoms. The Morgan fingerprint density at radius 1 is 1.21 bits per heavy atom. The lowest BCUT2D eigenvalue weighted by molar-refractivity contribution is 0.339. The van der Waals surface area contributed by atoms with Gasteiger partial charge in [0.1, 0.15) is 17.3 Å². The van der Waals surface area contributed by atoms with Crippen molar-refractivity contribution in [3.8, 4) is 5.75 Å². The minimum absolute atomic E-state index is 0.0562. The van der Waals surface area contributed by atoms with Crippen LogP contribution in [0.15, 0.2) is 40.8 Å². The number of hydrogen-bond donors (Lipinski definition) is 1. The fourth-order valence-electron chi connectivity index (χ4n) is 2.16. The van der Waals surface area contributed by atoms with Gasteiger partial charge in [0, 0.05) is 6.42 Å². The first-order chi connectivity index (χ1) is 9.28. The Balaban J connectivity index is 2.28. The van der Waals surface area contributed by atoms with E-state index < -0.39 is 0 Å². The quantitative estimate of drug-likeness (QED) is 0.861. The summed E-state index contributed by atoms with van der Waals surface area (Å²) in [7, 11) is 1.94. The SMILES string of the molecule is CCOc1cccc(C(NC)c2ccc(CC)o2)c1. The van der Waals surface area contributed by atoms with Crippen molar-refractivity contribution in [2.45, 2.75) is 26.3 Å². The summed E-state index contributed by atoms with van der Waals surface area (Å²) in [4.78, 5) is 0. The van der Waals surface area contributed by atoms with E-state index in [1.807, 2.05) is 38.2 Å². The number of rotatable bonds is 6. The van der Waals surface area contributed by atoms with Gasteiger partial charge in [-0.15, -0.1) is 0 Å². The highest BCUT2D eigenvalue weighted by atomic mass is 16.5. The van der Waals surface area contributed by atoms with E-state index >= 15 is 0 Å². The molecule has 0 radical (unpaired) electrons. The van der Waals surface area contributed by atoms with Gasteiger partial charge in [0.2, 0.25) is 0 Å². The maximum Gasteiger partial charge on any atom is 0.125 e. The summed E-state index contributed by atoms with van der Waals surface area (Å²) >= 11 is 0. The van der Waals surface area contributed by atoms with Crippen LogP contribution in [0.5, 0.6) is 5.75 Å². The first-order valence-corrected chi connectivity index (χ1v) is 6.77. The van der Waals surface area contributed by atoms with E-state index in [1.54, 1.807) is 0 Å². The van der Waals surface area contributed by atoms with Crippen molar-refractivity contribution < 1.29 is 9.15 Å². The Labute approximate surface area is 114 Å². The highest BCUT2D eigenvalue weighted by Gasteiger charge is 2.16. The van der Waals surface area contributed by atoms with Crippen LogP contribution in [0.4, 0.5) is 0 Å². The molecule has 0 fully saturated rings. The molecule has 3 heteroatoms. The van der Waals surface area contributed by atoms with Crippen molar-refractivity contribution >= 4 is 0 Å². The fourth-order valence-corrected chi connectivity index (χ4v) is 2.16. The number of furan rings is 1. The van der Waals surface area contributed by atoms with Crippen LogP contribution >= 0.6 is 0 Å². The van der Waals surface area contributed by atoms with E-state index in [-0.39, 0.29) is 6.04 Å². The zero-order valence-corrected chi connectivity index (χ0v) is 11.8. The third-order valence-corrected chi connectivity index (χ3v) is 3.11. The van der Waals surface area contributed by atoms with E-state index in [1.165, 1.54) is 0 Å². The van der Waals surface area contributed by atoms with Gasteiger partial charge in [-0.1, -0.05) is 19.1 Å². The van der Waals surface area contributed by atoms with Gasteiger partial charge in [0.05, 0.1) is 12.6 Å². The maximum atomic E-state index is 5.84. The lowest BCUT2D eigenvalue weighted by Crippen LogP contribution is -2.17. The smallest absolute Gasteiger partial charge is 0.125 e. The summed E-state index contributed by atoms with van der Waals surface area (Å²) in [6.07, 6.45) is 0.912. The molecule has 1 N–H and O–H groups in total. The molecule has 0 bridgehead atoms. The Morgan fingerprint density at radius 3 is 2.68 bits per heavy atom. The molecule has 1 unspecified atom stereocenters. The van der Waals surface area contributed by atoms with Crippen molar-refractivity contribution in [3.63, 3.8) is 0 Å². The van der Waals surface area contributed by atoms with E-state index in [4.69, 9.17) is 9.15 Å². The van der Waals surface area contributed by atoms with Crippen LogP contribution in [0, 0.1) is 0 Å². The van der Waals surface area contributed by atoms with E-state index in [9.17, 15) is 0 Å². The normalized spacial score (nSPS) is 12.4. The molecule has 19 heavy (non-hydrogen) atoms. The molecule has 2 rings (SSSR count). The number of nitrogens with one attached hydrogen (secondary N) is 1. The molecule has 0 aliphatic heterocycles. The summed E-state index contributed by atoms with van der Waals surface area (Å²) in [5.74, 6) is 2.84. The van der Waals surface area contributed by atoms with E-state index in [2.05, 4.69) is 24.4 Å². The second-order valence-electron chi connectivity index (χ2n) is 4.38. The van der Waals surface area contributed by atoms with Crippen molar-refractivity contribution in [1.29, 1.82) is 0 Å². The summed E-state index contributed by atoms with van der Waals surface area (Å²) in [5.41, 5.74) is 1.14. The Kier molecular flexibility index (Phi) is 4.63. The third-order valence-electron chi connectivity index (χ3n) is 3.11. The highest BCUT2D eigenvalue weighted by molar-refractivity contribution is 5.34. The molecule has 0 aliphatic rings. The van der Waals surface area contributed by atoms with Crippen molar-refractivity contribution in [2.24, 2.45) is 0 Å². The molecule has 1 aromatic heterocycles. The topological polar surface area (TPSA) is 34.4 Å². The van der Waals surface area contributed by atoms with Gasteiger partial charge in [-0.2, -0.15) is 0 Å². The van der Waals surface area contributed by atoms with Crippen molar-refractivity contribution in [1.82, 2.24) is 5.32 Å². The first kappa shape index (κ1) is 13.7. The van der Waals surface area contributed by atoms with E-state index in [0.29, 0.717) is 6.61 Å². The van der Waals surface area contributed by atoms with E-state index in [0.717, 1.165) is 29.3 Å². The van der Waals surface area contributed by atoms with Gasteiger partial charge in [0.15, 0.2) is 0 Å². The summed E-state index contributed by atoms with van der Waals surface area (Å²) in [6.45, 7) is 4.75. The minimum Gasteiger partial charge on any atom is -0.494 e. The molecule has 102 valence electrons. The van der Waals surface area contributed by atoms with Crippen LogP contribution in [0.25, 0.3) is 0 Å². The van der Waals surface area contributed by atoms with Gasteiger partial charge < -0.3 is 14.5 Å². The molecular formula is C16H21NO2. The molecule has 3 nitrogen and oxygen atoms in total. The van der Waals surface area contributed by atoms with Gasteiger partial charge in [-0.3, -0.25) is 0 Å². The van der Waals surface area contributed by atoms with Crippen molar-refractivity contribution in [3.05, 3.63) is 53.5 Å². The molecule has 1 atom stereocenters. The van der Waals surface area contributed by atoms with Crippen LogP contribution in [0.1, 0.15) is 37.0 Å². The molecular weight excluding hydrogens is 238 g/mol. The molecule has 1 aromatic carbocycles. The number of benzene rings is 1. The molecule has 0 amide bonds. The third kappa shape index (κ3) is 3.18. The second kappa shape index (κ2) is 6.43. The Bertz CT molecular complexity index is 519. The average Bonchev–Trinajstić information content (AvgIpc) is 2.89. The van der Waals surface area contributed by atoms with Crippen LogP contribution in [-0.2, 0) is 6.42 Å². The largest absolute Gasteiger partial charge is 0.494 e. The summed E-state index contributed by atoms with van der Waals surface area (Å²) < 4.78 is 11.4. The van der Waals surface area contributed by atoms with Gasteiger partial charge >= 0.3 is 0 Å². The monoisotopic (exact) mass is 259 g/mol. The summed E-state index contributed by atoms with van der Waals surface area (Å²) in [6, 6.07) is 12.2. The first-order valence-electron chi connectivity index (χ1n) is 6.77. The Morgan fingerprint density at radius 2 is 2.05 bits per heavy atom. The lowest BCUT2D eigenvalue weighted by atomic mass is 10.0. The lowest BCUT2D eigenvalue weighted by Gasteiger charge is -2.15. The van der Waals surface area contributed by atoms with Gasteiger partial charge in [-0.05, 0) is 43.8 Å². The van der Waals surface area contributed by atoms with Crippen LogP contribution < -0.4 is 10.1 Å². The molecule has 0 saturated heterocycles. The second-order valence-corrected chi connectivity index (χ2v) is 4.38. The molecule has 1 heterocycles. The zero-order valence-electron chi connectivity index (χ0n) is 11.8.